The number of hydrogen-bond acceptors (Lipinski definition) is 3. The molecule has 160 valence electrons. The van der Waals surface area contributed by atoms with Gasteiger partial charge in [-0.05, 0) is 43.9 Å². The molecule has 0 spiro atoms. The van der Waals surface area contributed by atoms with Gasteiger partial charge in [0.05, 0.1) is 17.5 Å². The van der Waals surface area contributed by atoms with E-state index in [0.29, 0.717) is 29.7 Å². The minimum atomic E-state index is -0.443. The van der Waals surface area contributed by atoms with Crippen molar-refractivity contribution >= 4 is 39.2 Å². The molecular formula is C25H25BrN2O3. The van der Waals surface area contributed by atoms with Crippen molar-refractivity contribution in [3.63, 3.8) is 0 Å². The number of likely N-dealkylation sites (tertiary alicyclic amines) is 1. The Kier molecular flexibility index (Phi) is 6.66. The van der Waals surface area contributed by atoms with Crippen molar-refractivity contribution in [1.29, 1.82) is 0 Å². The predicted octanol–water partition coefficient (Wildman–Crippen LogP) is 4.82. The molecule has 31 heavy (non-hydrogen) atoms. The summed E-state index contributed by atoms with van der Waals surface area (Å²) in [6.07, 6.45) is 7.10. The number of nitrogens with one attached hydrogen (secondary N) is 1. The zero-order chi connectivity index (χ0) is 21.8. The number of hydrogen-bond donors (Lipinski definition) is 1. The van der Waals surface area contributed by atoms with E-state index in [1.54, 1.807) is 30.3 Å². The van der Waals surface area contributed by atoms with Gasteiger partial charge in [0.25, 0.3) is 0 Å². The molecule has 0 radical (unpaired) electrons. The zero-order valence-electron chi connectivity index (χ0n) is 17.2. The summed E-state index contributed by atoms with van der Waals surface area (Å²) in [6, 6.07) is 14.2. The fraction of sp³-hybridized carbons (Fsp3) is 0.320. The Hall–Kier alpha value is -2.73. The highest BCUT2D eigenvalue weighted by atomic mass is 79.9. The monoisotopic (exact) mass is 480 g/mol. The lowest BCUT2D eigenvalue weighted by Crippen LogP contribution is -2.42. The second-order valence-corrected chi connectivity index (χ2v) is 8.98. The Balaban J connectivity index is 1.57. The molecule has 0 aromatic heterocycles. The SMILES string of the molecule is O=C(c1ccccc1)c1cc(Br)ccc1NC(=O)C1CC=CCC1C(=O)N1CCCC1. The first kappa shape index (κ1) is 21.5. The van der Waals surface area contributed by atoms with Gasteiger partial charge in [-0.1, -0.05) is 58.4 Å². The van der Waals surface area contributed by atoms with E-state index >= 15 is 0 Å². The third-order valence-electron chi connectivity index (χ3n) is 6.02. The summed E-state index contributed by atoms with van der Waals surface area (Å²) >= 11 is 3.42. The van der Waals surface area contributed by atoms with Crippen LogP contribution < -0.4 is 5.32 Å². The summed E-state index contributed by atoms with van der Waals surface area (Å²) in [6.45, 7) is 1.55. The van der Waals surface area contributed by atoms with Crippen molar-refractivity contribution in [3.05, 3.63) is 76.3 Å². The molecule has 1 aliphatic heterocycles. The van der Waals surface area contributed by atoms with Crippen LogP contribution in [-0.4, -0.2) is 35.6 Å². The zero-order valence-corrected chi connectivity index (χ0v) is 18.8. The molecule has 2 atom stereocenters. The molecule has 6 heteroatoms. The van der Waals surface area contributed by atoms with Crippen molar-refractivity contribution in [2.75, 3.05) is 18.4 Å². The minimum Gasteiger partial charge on any atom is -0.342 e. The Morgan fingerprint density at radius 3 is 2.29 bits per heavy atom. The quantitative estimate of drug-likeness (QED) is 0.492. The number of rotatable bonds is 5. The van der Waals surface area contributed by atoms with Crippen molar-refractivity contribution in [2.45, 2.75) is 25.7 Å². The number of halogens is 1. The number of carbonyl (C=O) groups is 3. The highest BCUT2D eigenvalue weighted by molar-refractivity contribution is 9.10. The lowest BCUT2D eigenvalue weighted by molar-refractivity contribution is -0.139. The molecule has 2 amide bonds. The van der Waals surface area contributed by atoms with Gasteiger partial charge in [0.1, 0.15) is 0 Å². The number of ketones is 1. The van der Waals surface area contributed by atoms with Crippen molar-refractivity contribution in [1.82, 2.24) is 4.90 Å². The van der Waals surface area contributed by atoms with E-state index in [-0.39, 0.29) is 23.5 Å². The van der Waals surface area contributed by atoms with Crippen molar-refractivity contribution in [2.24, 2.45) is 11.8 Å². The number of carbonyl (C=O) groups excluding carboxylic acids is 3. The first-order valence-corrected chi connectivity index (χ1v) is 11.5. The fourth-order valence-electron chi connectivity index (χ4n) is 4.33. The third kappa shape index (κ3) is 4.79. The number of benzene rings is 2. The van der Waals surface area contributed by atoms with Gasteiger partial charge in [0.2, 0.25) is 11.8 Å². The lowest BCUT2D eigenvalue weighted by Gasteiger charge is -2.30. The van der Waals surface area contributed by atoms with Gasteiger partial charge in [-0.3, -0.25) is 14.4 Å². The molecule has 1 heterocycles. The highest BCUT2D eigenvalue weighted by Crippen LogP contribution is 2.31. The number of anilines is 1. The summed E-state index contributed by atoms with van der Waals surface area (Å²) in [4.78, 5) is 41.2. The smallest absolute Gasteiger partial charge is 0.228 e. The maximum absolute atomic E-state index is 13.3. The van der Waals surface area contributed by atoms with Gasteiger partial charge in [0, 0.05) is 28.7 Å². The molecule has 0 saturated carbocycles. The standard InChI is InChI=1S/C25H25BrN2O3/c26-18-12-13-22(21(16-18)23(29)17-8-2-1-3-9-17)27-24(30)19-10-4-5-11-20(19)25(31)28-14-6-7-15-28/h1-5,8-9,12-13,16,19-20H,6-7,10-11,14-15H2,(H,27,30). The van der Waals surface area contributed by atoms with Crippen molar-refractivity contribution in [3.8, 4) is 0 Å². The van der Waals surface area contributed by atoms with Crippen molar-refractivity contribution < 1.29 is 14.4 Å². The summed E-state index contributed by atoms with van der Waals surface area (Å²) in [5.74, 6) is -1.11. The Morgan fingerprint density at radius 2 is 1.58 bits per heavy atom. The van der Waals surface area contributed by atoms with E-state index in [1.165, 1.54) is 0 Å². The van der Waals surface area contributed by atoms with Gasteiger partial charge in [-0.15, -0.1) is 0 Å². The molecule has 2 aromatic carbocycles. The van der Waals surface area contributed by atoms with E-state index in [9.17, 15) is 14.4 Å². The summed E-state index contributed by atoms with van der Waals surface area (Å²) < 4.78 is 0.757. The van der Waals surface area contributed by atoms with Crippen LogP contribution in [0.2, 0.25) is 0 Å². The molecule has 2 aliphatic rings. The normalized spacial score (nSPS) is 20.5. The van der Waals surface area contributed by atoms with Crippen LogP contribution in [0.5, 0.6) is 0 Å². The highest BCUT2D eigenvalue weighted by Gasteiger charge is 2.37. The molecule has 1 N–H and O–H groups in total. The van der Waals surface area contributed by atoms with Gasteiger partial charge < -0.3 is 10.2 Å². The van der Waals surface area contributed by atoms with Crippen LogP contribution in [0.15, 0.2) is 65.2 Å². The second-order valence-electron chi connectivity index (χ2n) is 8.06. The second kappa shape index (κ2) is 9.60. The summed E-state index contributed by atoms with van der Waals surface area (Å²) in [7, 11) is 0. The molecule has 1 aliphatic carbocycles. The summed E-state index contributed by atoms with van der Waals surface area (Å²) in [5, 5.41) is 2.95. The van der Waals surface area contributed by atoms with Crippen LogP contribution in [0, 0.1) is 11.8 Å². The first-order chi connectivity index (χ1) is 15.0. The minimum absolute atomic E-state index is 0.0680. The largest absolute Gasteiger partial charge is 0.342 e. The number of nitrogens with zero attached hydrogens (tertiary/aromatic N) is 1. The maximum Gasteiger partial charge on any atom is 0.228 e. The summed E-state index contributed by atoms with van der Waals surface area (Å²) in [5.41, 5.74) is 1.44. The van der Waals surface area contributed by atoms with E-state index in [0.717, 1.165) is 30.4 Å². The molecule has 1 saturated heterocycles. The van der Waals surface area contributed by atoms with Gasteiger partial charge in [-0.2, -0.15) is 0 Å². The molecule has 2 unspecified atom stereocenters. The topological polar surface area (TPSA) is 66.5 Å². The van der Waals surface area contributed by atoms with Gasteiger partial charge in [0.15, 0.2) is 5.78 Å². The maximum atomic E-state index is 13.3. The lowest BCUT2D eigenvalue weighted by atomic mass is 9.81. The molecular weight excluding hydrogens is 456 g/mol. The fourth-order valence-corrected chi connectivity index (χ4v) is 4.69. The molecule has 2 aromatic rings. The van der Waals surface area contributed by atoms with Crippen LogP contribution in [0.3, 0.4) is 0 Å². The van der Waals surface area contributed by atoms with Crippen LogP contribution in [0.4, 0.5) is 5.69 Å². The van der Waals surface area contributed by atoms with Crippen LogP contribution in [0.1, 0.15) is 41.6 Å². The molecule has 4 rings (SSSR count). The molecule has 1 fully saturated rings. The van der Waals surface area contributed by atoms with Gasteiger partial charge >= 0.3 is 0 Å². The first-order valence-electron chi connectivity index (χ1n) is 10.7. The van der Waals surface area contributed by atoms with E-state index in [2.05, 4.69) is 21.2 Å². The van der Waals surface area contributed by atoms with Gasteiger partial charge in [-0.25, -0.2) is 0 Å². The van der Waals surface area contributed by atoms with E-state index < -0.39 is 5.92 Å². The van der Waals surface area contributed by atoms with Crippen LogP contribution in [-0.2, 0) is 9.59 Å². The average molecular weight is 481 g/mol. The molecule has 5 nitrogen and oxygen atoms in total. The Morgan fingerprint density at radius 1 is 0.903 bits per heavy atom. The van der Waals surface area contributed by atoms with Crippen LogP contribution >= 0.6 is 15.9 Å². The average Bonchev–Trinajstić information content (AvgIpc) is 3.35. The van der Waals surface area contributed by atoms with Crippen LogP contribution in [0.25, 0.3) is 0 Å². The number of amides is 2. The van der Waals surface area contributed by atoms with E-state index in [4.69, 9.17) is 0 Å². The molecule has 0 bridgehead atoms. The Labute approximate surface area is 190 Å². The third-order valence-corrected chi connectivity index (χ3v) is 6.52. The Bertz CT molecular complexity index is 1010. The predicted molar refractivity (Wildman–Crippen MR) is 124 cm³/mol. The number of allylic oxidation sites excluding steroid dienone is 2. The van der Waals surface area contributed by atoms with E-state index in [1.807, 2.05) is 35.3 Å².